The van der Waals surface area contributed by atoms with Crippen LogP contribution in [0.25, 0.3) is 6.08 Å². The number of aliphatic hydroxyl groups is 1. The topological polar surface area (TPSA) is 67.2 Å². The van der Waals surface area contributed by atoms with Crippen molar-refractivity contribution in [2.75, 3.05) is 6.61 Å². The van der Waals surface area contributed by atoms with E-state index in [1.54, 1.807) is 17.8 Å². The van der Waals surface area contributed by atoms with E-state index in [0.29, 0.717) is 5.15 Å². The van der Waals surface area contributed by atoms with Crippen molar-refractivity contribution in [1.82, 2.24) is 15.1 Å². The smallest absolute Gasteiger partial charge is 0.244 e. The van der Waals surface area contributed by atoms with Gasteiger partial charge in [-0.3, -0.25) is 9.48 Å². The molecule has 0 saturated heterocycles. The molecule has 1 saturated carbocycles. The third-order valence-corrected chi connectivity index (χ3v) is 4.52. The molecule has 2 atom stereocenters. The number of aryl methyl sites for hydroxylation is 2. The van der Waals surface area contributed by atoms with Gasteiger partial charge in [-0.25, -0.2) is 0 Å². The average Bonchev–Trinajstić information content (AvgIpc) is 2.71. The number of nitrogens with one attached hydrogen (secondary N) is 1. The van der Waals surface area contributed by atoms with Gasteiger partial charge in [-0.2, -0.15) is 5.10 Å². The molecule has 1 aliphatic carbocycles. The highest BCUT2D eigenvalue weighted by atomic mass is 35.5. The van der Waals surface area contributed by atoms with Crippen molar-refractivity contribution in [2.45, 2.75) is 38.6 Å². The number of aromatic nitrogens is 2. The minimum Gasteiger partial charge on any atom is -0.396 e. The lowest BCUT2D eigenvalue weighted by molar-refractivity contribution is -0.117. The molecule has 1 aromatic rings. The minimum absolute atomic E-state index is 0.0615. The van der Waals surface area contributed by atoms with Crippen molar-refractivity contribution in [1.29, 1.82) is 0 Å². The molecule has 1 amide bonds. The van der Waals surface area contributed by atoms with E-state index in [4.69, 9.17) is 11.6 Å². The Balaban J connectivity index is 1.99. The van der Waals surface area contributed by atoms with Crippen LogP contribution < -0.4 is 5.32 Å². The van der Waals surface area contributed by atoms with Crippen molar-refractivity contribution in [3.63, 3.8) is 0 Å². The van der Waals surface area contributed by atoms with Crippen LogP contribution in [-0.2, 0) is 11.8 Å². The van der Waals surface area contributed by atoms with Crippen molar-refractivity contribution < 1.29 is 9.90 Å². The molecule has 1 fully saturated rings. The first-order valence-electron chi connectivity index (χ1n) is 7.31. The second kappa shape index (κ2) is 7.09. The highest BCUT2D eigenvalue weighted by molar-refractivity contribution is 6.31. The summed E-state index contributed by atoms with van der Waals surface area (Å²) in [5.41, 5.74) is 1.55. The summed E-state index contributed by atoms with van der Waals surface area (Å²) < 4.78 is 1.58. The number of carbonyl (C=O) groups excluding carboxylic acids is 1. The van der Waals surface area contributed by atoms with E-state index in [2.05, 4.69) is 10.4 Å². The number of carbonyl (C=O) groups is 1. The molecule has 1 aliphatic rings. The Labute approximate surface area is 130 Å². The fourth-order valence-electron chi connectivity index (χ4n) is 2.84. The maximum Gasteiger partial charge on any atom is 0.244 e. The van der Waals surface area contributed by atoms with E-state index in [-0.39, 0.29) is 24.5 Å². The molecule has 116 valence electrons. The lowest BCUT2D eigenvalue weighted by Gasteiger charge is -2.30. The van der Waals surface area contributed by atoms with Crippen LogP contribution in [0.5, 0.6) is 0 Å². The van der Waals surface area contributed by atoms with Crippen LogP contribution in [-0.4, -0.2) is 33.4 Å². The normalized spacial score (nSPS) is 22.7. The first-order chi connectivity index (χ1) is 10.0. The zero-order valence-corrected chi connectivity index (χ0v) is 13.2. The standard InChI is InChI=1S/C15H22ClN3O2/c1-10-12(15(16)19(2)18-10)7-8-14(21)17-13-6-4-3-5-11(13)9-20/h7-8,11,13,20H,3-6,9H2,1-2H3,(H,17,21)/b8-7+. The average molecular weight is 312 g/mol. The molecule has 0 aliphatic heterocycles. The van der Waals surface area contributed by atoms with Gasteiger partial charge in [0, 0.05) is 37.3 Å². The van der Waals surface area contributed by atoms with Crippen molar-refractivity contribution in [3.05, 3.63) is 22.5 Å². The van der Waals surface area contributed by atoms with Crippen LogP contribution in [0.15, 0.2) is 6.08 Å². The summed E-state index contributed by atoms with van der Waals surface area (Å²) in [4.78, 5) is 12.0. The van der Waals surface area contributed by atoms with Gasteiger partial charge in [-0.05, 0) is 25.8 Å². The quantitative estimate of drug-likeness (QED) is 0.836. The highest BCUT2D eigenvalue weighted by Crippen LogP contribution is 2.24. The maximum absolute atomic E-state index is 12.0. The molecule has 0 radical (unpaired) electrons. The van der Waals surface area contributed by atoms with Gasteiger partial charge >= 0.3 is 0 Å². The van der Waals surface area contributed by atoms with Crippen LogP contribution in [0.1, 0.15) is 36.9 Å². The molecule has 2 unspecified atom stereocenters. The van der Waals surface area contributed by atoms with E-state index >= 15 is 0 Å². The lowest BCUT2D eigenvalue weighted by Crippen LogP contribution is -2.42. The lowest BCUT2D eigenvalue weighted by atomic mass is 9.85. The summed E-state index contributed by atoms with van der Waals surface area (Å²) >= 11 is 6.12. The molecule has 1 heterocycles. The molecule has 2 rings (SSSR count). The van der Waals surface area contributed by atoms with Crippen molar-refractivity contribution >= 4 is 23.6 Å². The molecule has 0 aromatic carbocycles. The van der Waals surface area contributed by atoms with Crippen LogP contribution in [0, 0.1) is 12.8 Å². The number of amides is 1. The molecule has 21 heavy (non-hydrogen) atoms. The van der Waals surface area contributed by atoms with E-state index in [1.165, 1.54) is 6.08 Å². The van der Waals surface area contributed by atoms with Gasteiger partial charge in [0.05, 0.1) is 5.69 Å². The minimum atomic E-state index is -0.153. The van der Waals surface area contributed by atoms with Gasteiger partial charge in [0.25, 0.3) is 0 Å². The molecule has 0 spiro atoms. The Morgan fingerprint density at radius 2 is 2.24 bits per heavy atom. The third-order valence-electron chi connectivity index (χ3n) is 4.07. The van der Waals surface area contributed by atoms with E-state index in [0.717, 1.165) is 36.9 Å². The monoisotopic (exact) mass is 311 g/mol. The summed E-state index contributed by atoms with van der Waals surface area (Å²) in [6.07, 6.45) is 7.29. The van der Waals surface area contributed by atoms with Gasteiger partial charge < -0.3 is 10.4 Å². The third kappa shape index (κ3) is 3.86. The SMILES string of the molecule is Cc1nn(C)c(Cl)c1/C=C/C(=O)NC1CCCCC1CO. The molecular weight excluding hydrogens is 290 g/mol. The first kappa shape index (κ1) is 16.0. The largest absolute Gasteiger partial charge is 0.396 e. The van der Waals surface area contributed by atoms with E-state index in [9.17, 15) is 9.90 Å². The second-order valence-corrected chi connectivity index (χ2v) is 5.95. The number of hydrogen-bond acceptors (Lipinski definition) is 3. The van der Waals surface area contributed by atoms with Gasteiger partial charge in [-0.1, -0.05) is 24.4 Å². The first-order valence-corrected chi connectivity index (χ1v) is 7.69. The van der Waals surface area contributed by atoms with Gasteiger partial charge in [0.1, 0.15) is 5.15 Å². The Hall–Kier alpha value is -1.33. The van der Waals surface area contributed by atoms with Gasteiger partial charge in [0.15, 0.2) is 0 Å². The number of rotatable bonds is 4. The molecule has 6 heteroatoms. The molecule has 1 aromatic heterocycles. The van der Waals surface area contributed by atoms with Crippen LogP contribution in [0.3, 0.4) is 0 Å². The molecule has 0 bridgehead atoms. The van der Waals surface area contributed by atoms with Crippen molar-refractivity contribution in [2.24, 2.45) is 13.0 Å². The predicted octanol–water partition coefficient (Wildman–Crippen LogP) is 2.06. The Morgan fingerprint density at radius 1 is 1.52 bits per heavy atom. The Morgan fingerprint density at radius 3 is 2.86 bits per heavy atom. The second-order valence-electron chi connectivity index (χ2n) is 5.59. The maximum atomic E-state index is 12.0. The zero-order valence-electron chi connectivity index (χ0n) is 12.5. The summed E-state index contributed by atoms with van der Waals surface area (Å²) in [7, 11) is 1.76. The number of hydrogen-bond donors (Lipinski definition) is 2. The highest BCUT2D eigenvalue weighted by Gasteiger charge is 2.25. The fourth-order valence-corrected chi connectivity index (χ4v) is 3.08. The van der Waals surface area contributed by atoms with Crippen LogP contribution in [0.2, 0.25) is 5.15 Å². The predicted molar refractivity (Wildman–Crippen MR) is 83.0 cm³/mol. The van der Waals surface area contributed by atoms with Gasteiger partial charge in [-0.15, -0.1) is 0 Å². The molecule has 5 nitrogen and oxygen atoms in total. The molecular formula is C15H22ClN3O2. The van der Waals surface area contributed by atoms with Crippen LogP contribution >= 0.6 is 11.6 Å². The number of nitrogens with zero attached hydrogens (tertiary/aromatic N) is 2. The van der Waals surface area contributed by atoms with E-state index < -0.39 is 0 Å². The zero-order chi connectivity index (χ0) is 15.4. The fraction of sp³-hybridized carbons (Fsp3) is 0.600. The molecule has 2 N–H and O–H groups in total. The number of halogens is 1. The summed E-state index contributed by atoms with van der Waals surface area (Å²) in [5.74, 6) is 0.0134. The summed E-state index contributed by atoms with van der Waals surface area (Å²) in [5, 5.41) is 17.1. The van der Waals surface area contributed by atoms with Gasteiger partial charge in [0.2, 0.25) is 5.91 Å². The summed E-state index contributed by atoms with van der Waals surface area (Å²) in [6, 6.07) is 0.0615. The summed E-state index contributed by atoms with van der Waals surface area (Å²) in [6.45, 7) is 1.98. The number of aliphatic hydroxyl groups excluding tert-OH is 1. The Kier molecular flexibility index (Phi) is 5.42. The Bertz CT molecular complexity index is 539. The van der Waals surface area contributed by atoms with E-state index in [1.807, 2.05) is 6.92 Å². The van der Waals surface area contributed by atoms with Crippen LogP contribution in [0.4, 0.5) is 0 Å². The van der Waals surface area contributed by atoms with Crippen molar-refractivity contribution in [3.8, 4) is 0 Å².